The molecule has 1 rings (SSSR count). The summed E-state index contributed by atoms with van der Waals surface area (Å²) in [5, 5.41) is 0. The van der Waals surface area contributed by atoms with Gasteiger partial charge in [-0.05, 0) is 41.4 Å². The summed E-state index contributed by atoms with van der Waals surface area (Å²) in [6, 6.07) is 0. The average Bonchev–Trinajstić information content (AvgIpc) is 2.83. The molecule has 0 amide bonds. The number of hydrogen-bond donors (Lipinski definition) is 0. The van der Waals surface area contributed by atoms with Crippen LogP contribution in [0.3, 0.4) is 0 Å². The summed E-state index contributed by atoms with van der Waals surface area (Å²) in [6.45, 7) is 28.9. The summed E-state index contributed by atoms with van der Waals surface area (Å²) in [5.41, 5.74) is 0.500. The summed E-state index contributed by atoms with van der Waals surface area (Å²) < 4.78 is 0. The highest BCUT2D eigenvalue weighted by Gasteiger charge is 2.29. The standard InChI is InChI=1S/C15H30.C5H12.C4H10.C2H6/c1-5-14(6-2)8-7-9-15-12(3)10-11-13(15)4;1-5(2,3)4;1-4(2)3;1-2/h12-15H,5-11H2,1-4H3;1-4H3;4H,1-3H3;1-2H3. The third-order valence-electron chi connectivity index (χ3n) is 4.84. The lowest BCUT2D eigenvalue weighted by molar-refractivity contribution is 0.298. The van der Waals surface area contributed by atoms with E-state index in [0.717, 1.165) is 29.6 Å². The Kier molecular flexibility index (Phi) is 21.7. The Morgan fingerprint density at radius 1 is 0.808 bits per heavy atom. The maximum absolute atomic E-state index is 2.46. The second-order valence-corrected chi connectivity index (χ2v) is 10.5. The van der Waals surface area contributed by atoms with E-state index < -0.39 is 0 Å². The van der Waals surface area contributed by atoms with E-state index in [1.165, 1.54) is 44.9 Å². The molecule has 0 aromatic heterocycles. The van der Waals surface area contributed by atoms with Crippen LogP contribution in [-0.2, 0) is 0 Å². The molecule has 0 aromatic carbocycles. The van der Waals surface area contributed by atoms with Crippen molar-refractivity contribution in [1.82, 2.24) is 0 Å². The Bertz CT molecular complexity index is 235. The first-order chi connectivity index (χ1) is 11.9. The van der Waals surface area contributed by atoms with Gasteiger partial charge in [-0.2, -0.15) is 0 Å². The van der Waals surface area contributed by atoms with Crippen molar-refractivity contribution in [3.05, 3.63) is 0 Å². The predicted molar refractivity (Wildman–Crippen MR) is 126 cm³/mol. The minimum atomic E-state index is 0.500. The highest BCUT2D eigenvalue weighted by atomic mass is 14.3. The van der Waals surface area contributed by atoms with E-state index in [1.54, 1.807) is 0 Å². The van der Waals surface area contributed by atoms with Gasteiger partial charge in [0.1, 0.15) is 0 Å². The molecule has 0 aromatic rings. The van der Waals surface area contributed by atoms with Gasteiger partial charge in [-0.25, -0.2) is 0 Å². The number of rotatable bonds is 6. The van der Waals surface area contributed by atoms with Crippen LogP contribution >= 0.6 is 0 Å². The van der Waals surface area contributed by atoms with Crippen LogP contribution in [0.2, 0.25) is 0 Å². The van der Waals surface area contributed by atoms with Crippen LogP contribution in [0.15, 0.2) is 0 Å². The molecular formula is C26H58. The molecule has 26 heavy (non-hydrogen) atoms. The summed E-state index contributed by atoms with van der Waals surface area (Å²) in [5.74, 6) is 4.87. The van der Waals surface area contributed by atoms with Crippen LogP contribution in [0.5, 0.6) is 0 Å². The van der Waals surface area contributed by atoms with E-state index in [1.807, 2.05) is 13.8 Å². The van der Waals surface area contributed by atoms with Crippen molar-refractivity contribution < 1.29 is 0 Å². The molecule has 0 nitrogen and oxygen atoms in total. The minimum absolute atomic E-state index is 0.500. The monoisotopic (exact) mass is 370 g/mol. The maximum atomic E-state index is 2.46. The van der Waals surface area contributed by atoms with Gasteiger partial charge < -0.3 is 0 Å². The molecule has 0 radical (unpaired) electrons. The van der Waals surface area contributed by atoms with Gasteiger partial charge in [-0.1, -0.05) is 129 Å². The summed E-state index contributed by atoms with van der Waals surface area (Å²) >= 11 is 0. The van der Waals surface area contributed by atoms with E-state index in [9.17, 15) is 0 Å². The second kappa shape index (κ2) is 18.4. The Balaban J connectivity index is -0.000000398. The molecule has 2 unspecified atom stereocenters. The fourth-order valence-electron chi connectivity index (χ4n) is 3.42. The topological polar surface area (TPSA) is 0 Å². The van der Waals surface area contributed by atoms with Crippen LogP contribution in [0, 0.1) is 35.0 Å². The van der Waals surface area contributed by atoms with Crippen molar-refractivity contribution in [2.75, 3.05) is 0 Å². The maximum Gasteiger partial charge on any atom is -0.0363 e. The van der Waals surface area contributed by atoms with Crippen molar-refractivity contribution in [2.24, 2.45) is 35.0 Å². The van der Waals surface area contributed by atoms with Crippen LogP contribution in [0.25, 0.3) is 0 Å². The van der Waals surface area contributed by atoms with Gasteiger partial charge in [0.15, 0.2) is 0 Å². The molecule has 0 saturated heterocycles. The van der Waals surface area contributed by atoms with Crippen LogP contribution in [-0.4, -0.2) is 0 Å². The lowest BCUT2D eigenvalue weighted by Gasteiger charge is -2.21. The second-order valence-electron chi connectivity index (χ2n) is 10.5. The van der Waals surface area contributed by atoms with Gasteiger partial charge in [0.05, 0.1) is 0 Å². The zero-order valence-corrected chi connectivity index (χ0v) is 21.3. The Labute approximate surface area is 170 Å². The molecule has 0 N–H and O–H groups in total. The van der Waals surface area contributed by atoms with Gasteiger partial charge in [-0.15, -0.1) is 0 Å². The smallest absolute Gasteiger partial charge is 0.0363 e. The van der Waals surface area contributed by atoms with Gasteiger partial charge in [-0.3, -0.25) is 0 Å². The Morgan fingerprint density at radius 3 is 1.38 bits per heavy atom. The summed E-state index contributed by atoms with van der Waals surface area (Å²) in [6.07, 6.45) is 10.2. The summed E-state index contributed by atoms with van der Waals surface area (Å²) in [4.78, 5) is 0. The van der Waals surface area contributed by atoms with Crippen LogP contribution in [0.4, 0.5) is 0 Å². The Hall–Kier alpha value is 0. The molecule has 1 aliphatic rings. The van der Waals surface area contributed by atoms with Crippen LogP contribution in [0.1, 0.15) is 135 Å². The first-order valence-electron chi connectivity index (χ1n) is 11.9. The predicted octanol–water partition coefficient (Wildman–Crippen LogP) is 10.0. The first kappa shape index (κ1) is 30.7. The largest absolute Gasteiger partial charge is 0.0683 e. The van der Waals surface area contributed by atoms with Crippen molar-refractivity contribution in [3.63, 3.8) is 0 Å². The first-order valence-corrected chi connectivity index (χ1v) is 11.9. The van der Waals surface area contributed by atoms with Gasteiger partial charge in [0.2, 0.25) is 0 Å². The van der Waals surface area contributed by atoms with E-state index in [0.29, 0.717) is 5.41 Å². The molecule has 0 bridgehead atoms. The zero-order valence-electron chi connectivity index (χ0n) is 21.3. The van der Waals surface area contributed by atoms with Crippen molar-refractivity contribution in [2.45, 2.75) is 135 Å². The molecule has 0 heteroatoms. The molecule has 2 atom stereocenters. The highest BCUT2D eigenvalue weighted by molar-refractivity contribution is 4.80. The van der Waals surface area contributed by atoms with Crippen molar-refractivity contribution >= 4 is 0 Å². The van der Waals surface area contributed by atoms with E-state index in [2.05, 4.69) is 76.2 Å². The van der Waals surface area contributed by atoms with Crippen LogP contribution < -0.4 is 0 Å². The normalized spacial score (nSPS) is 22.0. The van der Waals surface area contributed by atoms with E-state index in [4.69, 9.17) is 0 Å². The van der Waals surface area contributed by atoms with E-state index in [-0.39, 0.29) is 0 Å². The molecular weight excluding hydrogens is 312 g/mol. The van der Waals surface area contributed by atoms with Gasteiger partial charge >= 0.3 is 0 Å². The minimum Gasteiger partial charge on any atom is -0.0683 e. The number of hydrogen-bond acceptors (Lipinski definition) is 0. The average molecular weight is 371 g/mol. The molecule has 0 spiro atoms. The van der Waals surface area contributed by atoms with Crippen molar-refractivity contribution in [3.8, 4) is 0 Å². The highest BCUT2D eigenvalue weighted by Crippen LogP contribution is 2.39. The lowest BCUT2D eigenvalue weighted by Crippen LogP contribution is -2.11. The third kappa shape index (κ3) is 24.0. The molecule has 0 heterocycles. The van der Waals surface area contributed by atoms with E-state index >= 15 is 0 Å². The molecule has 1 saturated carbocycles. The molecule has 1 fully saturated rings. The summed E-state index contributed by atoms with van der Waals surface area (Å²) in [7, 11) is 0. The van der Waals surface area contributed by atoms with Gasteiger partial charge in [0.25, 0.3) is 0 Å². The quantitative estimate of drug-likeness (QED) is 0.436. The molecule has 0 aliphatic heterocycles. The van der Waals surface area contributed by atoms with Crippen molar-refractivity contribution in [1.29, 1.82) is 0 Å². The lowest BCUT2D eigenvalue weighted by atomic mass is 9.85. The molecule has 162 valence electrons. The zero-order chi connectivity index (χ0) is 21.3. The fraction of sp³-hybridized carbons (Fsp3) is 1.00. The Morgan fingerprint density at radius 2 is 1.12 bits per heavy atom. The fourth-order valence-corrected chi connectivity index (χ4v) is 3.42. The molecule has 1 aliphatic carbocycles. The van der Waals surface area contributed by atoms with Gasteiger partial charge in [0, 0.05) is 0 Å². The third-order valence-corrected chi connectivity index (χ3v) is 4.84. The SMILES string of the molecule is CC.CC(C)(C)C.CC(C)C.CCC(CC)CCCC1C(C)CCC1C.